The van der Waals surface area contributed by atoms with Crippen LogP contribution in [0, 0.1) is 3.95 Å². The summed E-state index contributed by atoms with van der Waals surface area (Å²) in [6, 6.07) is 4.04. The SMILES string of the molecule is CC(C)(C)c1cc(-c2n[nH]c(=S)s2)cc(C(C)(C)C)c1O.C[N+](C)(C)CCO. The number of rotatable bonds is 3. The molecule has 3 N–H and O–H groups in total. The number of aromatic amines is 1. The summed E-state index contributed by atoms with van der Waals surface area (Å²) in [6.45, 7) is 13.7. The number of benzene rings is 1. The van der Waals surface area contributed by atoms with E-state index in [1.165, 1.54) is 11.3 Å². The van der Waals surface area contributed by atoms with E-state index in [0.717, 1.165) is 32.7 Å². The van der Waals surface area contributed by atoms with Crippen molar-refractivity contribution in [2.24, 2.45) is 0 Å². The first-order valence-corrected chi connectivity index (χ1v) is 10.6. The molecule has 0 saturated carbocycles. The number of phenolic OH excluding ortho intramolecular Hbond substituents is 1. The second kappa shape index (κ2) is 9.03. The fraction of sp³-hybridized carbons (Fsp3) is 0.619. The van der Waals surface area contributed by atoms with E-state index in [-0.39, 0.29) is 17.4 Å². The maximum atomic E-state index is 10.7. The van der Waals surface area contributed by atoms with Gasteiger partial charge >= 0.3 is 0 Å². The minimum atomic E-state index is -0.141. The fourth-order valence-corrected chi connectivity index (χ4v) is 3.43. The van der Waals surface area contributed by atoms with Gasteiger partial charge < -0.3 is 14.7 Å². The van der Waals surface area contributed by atoms with Crippen molar-refractivity contribution in [3.8, 4) is 16.3 Å². The van der Waals surface area contributed by atoms with Crippen molar-refractivity contribution < 1.29 is 14.7 Å². The standard InChI is InChI=1S/C16H22N2OS2.C5H14NO/c1-15(2,3)10-7-9(13-17-18-14(20)21-13)8-11(12(10)19)16(4,5)6;1-6(2,3)4-5-7/h7-8,19H,1-6H3,(H,18,20);7H,4-5H2,1-3H3/q;+1. The van der Waals surface area contributed by atoms with Gasteiger partial charge in [0, 0.05) is 16.7 Å². The van der Waals surface area contributed by atoms with Crippen LogP contribution < -0.4 is 0 Å². The Morgan fingerprint density at radius 3 is 1.75 bits per heavy atom. The normalized spacial score (nSPS) is 12.5. The van der Waals surface area contributed by atoms with E-state index in [1.54, 1.807) is 0 Å². The Bertz CT molecular complexity index is 800. The molecular weight excluding hydrogens is 390 g/mol. The van der Waals surface area contributed by atoms with Crippen LogP contribution in [-0.2, 0) is 10.8 Å². The second-order valence-electron chi connectivity index (χ2n) is 10.1. The first kappa shape index (κ1) is 24.8. The molecule has 0 aliphatic rings. The molecule has 0 spiro atoms. The van der Waals surface area contributed by atoms with E-state index in [9.17, 15) is 5.11 Å². The molecule has 0 unspecified atom stereocenters. The second-order valence-corrected chi connectivity index (χ2v) is 11.7. The lowest BCUT2D eigenvalue weighted by molar-refractivity contribution is -0.870. The van der Waals surface area contributed by atoms with Gasteiger partial charge in [-0.25, -0.2) is 0 Å². The average molecular weight is 427 g/mol. The Morgan fingerprint density at radius 2 is 1.50 bits per heavy atom. The third kappa shape index (κ3) is 7.28. The lowest BCUT2D eigenvalue weighted by atomic mass is 9.78. The first-order chi connectivity index (χ1) is 12.6. The van der Waals surface area contributed by atoms with E-state index < -0.39 is 0 Å². The molecule has 7 heteroatoms. The number of likely N-dealkylation sites (N-methyl/N-ethyl adjacent to an activating group) is 1. The number of phenols is 1. The Hall–Kier alpha value is -1.28. The summed E-state index contributed by atoms with van der Waals surface area (Å²) in [4.78, 5) is 0. The van der Waals surface area contributed by atoms with Crippen LogP contribution >= 0.6 is 23.6 Å². The fourth-order valence-electron chi connectivity index (χ4n) is 2.55. The molecule has 0 amide bonds. The van der Waals surface area contributed by atoms with Crippen LogP contribution in [0.25, 0.3) is 10.6 Å². The number of nitrogens with one attached hydrogen (secondary N) is 1. The van der Waals surface area contributed by atoms with Gasteiger partial charge in [0.2, 0.25) is 0 Å². The number of aliphatic hydroxyl groups excluding tert-OH is 1. The number of hydrogen-bond donors (Lipinski definition) is 3. The molecule has 0 radical (unpaired) electrons. The van der Waals surface area contributed by atoms with E-state index in [0.29, 0.717) is 9.70 Å². The van der Waals surface area contributed by atoms with Crippen LogP contribution in [0.1, 0.15) is 52.7 Å². The molecule has 1 aromatic carbocycles. The molecular formula is C21H36N3O2S2+. The predicted octanol–water partition coefficient (Wildman–Crippen LogP) is 4.85. The van der Waals surface area contributed by atoms with E-state index >= 15 is 0 Å². The van der Waals surface area contributed by atoms with Gasteiger partial charge in [-0.1, -0.05) is 52.9 Å². The van der Waals surface area contributed by atoms with Crippen LogP contribution in [0.2, 0.25) is 0 Å². The van der Waals surface area contributed by atoms with Crippen molar-refractivity contribution in [1.82, 2.24) is 10.2 Å². The summed E-state index contributed by atoms with van der Waals surface area (Å²) in [7, 11) is 6.16. The zero-order valence-corrected chi connectivity index (χ0v) is 20.3. The number of aromatic nitrogens is 2. The summed E-state index contributed by atoms with van der Waals surface area (Å²) in [5.41, 5.74) is 2.59. The number of nitrogens with zero attached hydrogens (tertiary/aromatic N) is 2. The van der Waals surface area contributed by atoms with Crippen molar-refractivity contribution in [3.05, 3.63) is 27.2 Å². The van der Waals surface area contributed by atoms with E-state index in [4.69, 9.17) is 17.3 Å². The Morgan fingerprint density at radius 1 is 1.04 bits per heavy atom. The van der Waals surface area contributed by atoms with Crippen LogP contribution in [0.15, 0.2) is 12.1 Å². The number of hydrogen-bond acceptors (Lipinski definition) is 5. The molecule has 0 atom stereocenters. The molecule has 5 nitrogen and oxygen atoms in total. The lowest BCUT2D eigenvalue weighted by Crippen LogP contribution is -2.36. The van der Waals surface area contributed by atoms with Crippen molar-refractivity contribution in [1.29, 1.82) is 0 Å². The van der Waals surface area contributed by atoms with Crippen molar-refractivity contribution >= 4 is 23.6 Å². The average Bonchev–Trinajstić information content (AvgIpc) is 2.91. The van der Waals surface area contributed by atoms with Gasteiger partial charge in [0.05, 0.1) is 27.7 Å². The van der Waals surface area contributed by atoms with Gasteiger partial charge in [-0.2, -0.15) is 5.10 Å². The molecule has 0 fully saturated rings. The Labute approximate surface area is 178 Å². The summed E-state index contributed by atoms with van der Waals surface area (Å²) >= 11 is 6.57. The quantitative estimate of drug-likeness (QED) is 0.485. The zero-order valence-electron chi connectivity index (χ0n) is 18.7. The highest BCUT2D eigenvalue weighted by Gasteiger charge is 2.27. The smallest absolute Gasteiger partial charge is 0.176 e. The number of quaternary nitrogens is 1. The van der Waals surface area contributed by atoms with Gasteiger partial charge in [0.15, 0.2) is 3.95 Å². The van der Waals surface area contributed by atoms with E-state index in [1.807, 2.05) is 12.1 Å². The molecule has 158 valence electrons. The van der Waals surface area contributed by atoms with Crippen molar-refractivity contribution in [3.63, 3.8) is 0 Å². The lowest BCUT2D eigenvalue weighted by Gasteiger charge is -2.27. The third-order valence-electron chi connectivity index (χ3n) is 4.18. The summed E-state index contributed by atoms with van der Waals surface area (Å²) in [6.07, 6.45) is 0. The largest absolute Gasteiger partial charge is 0.507 e. The van der Waals surface area contributed by atoms with E-state index in [2.05, 4.69) is 72.9 Å². The first-order valence-electron chi connectivity index (χ1n) is 9.41. The molecule has 0 saturated heterocycles. The molecule has 2 rings (SSSR count). The Kier molecular flexibility index (Phi) is 7.98. The number of aromatic hydroxyl groups is 1. The topological polar surface area (TPSA) is 69.1 Å². The van der Waals surface area contributed by atoms with Gasteiger partial charge in [-0.05, 0) is 35.2 Å². The van der Waals surface area contributed by atoms with Gasteiger partial charge in [0.25, 0.3) is 0 Å². The van der Waals surface area contributed by atoms with Gasteiger partial charge in [0.1, 0.15) is 17.3 Å². The van der Waals surface area contributed by atoms with Crippen LogP contribution in [0.5, 0.6) is 5.75 Å². The third-order valence-corrected chi connectivity index (χ3v) is 5.32. The molecule has 1 heterocycles. The zero-order chi connectivity index (χ0) is 21.9. The van der Waals surface area contributed by atoms with Crippen LogP contribution in [0.4, 0.5) is 0 Å². The molecule has 0 aliphatic carbocycles. The maximum absolute atomic E-state index is 10.7. The minimum absolute atomic E-state index is 0.141. The molecule has 0 bridgehead atoms. The molecule has 28 heavy (non-hydrogen) atoms. The molecule has 2 aromatic rings. The highest BCUT2D eigenvalue weighted by atomic mass is 32.1. The van der Waals surface area contributed by atoms with Crippen molar-refractivity contribution in [2.75, 3.05) is 34.3 Å². The van der Waals surface area contributed by atoms with Crippen LogP contribution in [0.3, 0.4) is 0 Å². The highest BCUT2D eigenvalue weighted by molar-refractivity contribution is 7.73. The number of H-pyrrole nitrogens is 1. The summed E-state index contributed by atoms with van der Waals surface area (Å²) in [5, 5.41) is 27.0. The van der Waals surface area contributed by atoms with Crippen LogP contribution in [-0.4, -0.2) is 59.2 Å². The number of aliphatic hydroxyl groups is 1. The Balaban J connectivity index is 0.000000480. The predicted molar refractivity (Wildman–Crippen MR) is 122 cm³/mol. The monoisotopic (exact) mass is 426 g/mol. The maximum Gasteiger partial charge on any atom is 0.176 e. The highest BCUT2D eigenvalue weighted by Crippen LogP contribution is 2.42. The van der Waals surface area contributed by atoms with Gasteiger partial charge in [-0.3, -0.25) is 5.10 Å². The molecule has 0 aliphatic heterocycles. The van der Waals surface area contributed by atoms with Crippen molar-refractivity contribution in [2.45, 2.75) is 52.4 Å². The minimum Gasteiger partial charge on any atom is -0.507 e. The summed E-state index contributed by atoms with van der Waals surface area (Å²) in [5.74, 6) is 0.387. The molecule has 1 aromatic heterocycles. The van der Waals surface area contributed by atoms with Gasteiger partial charge in [-0.15, -0.1) is 0 Å². The summed E-state index contributed by atoms with van der Waals surface area (Å²) < 4.78 is 1.50.